The van der Waals surface area contributed by atoms with E-state index in [2.05, 4.69) is 10.6 Å². The van der Waals surface area contributed by atoms with Crippen LogP contribution in [0, 0.1) is 5.92 Å². The Bertz CT molecular complexity index is 321. The van der Waals surface area contributed by atoms with Gasteiger partial charge in [0.1, 0.15) is 0 Å². The molecule has 1 aliphatic rings. The molecule has 1 aliphatic heterocycles. The second-order valence-corrected chi connectivity index (χ2v) is 4.90. The Morgan fingerprint density at radius 2 is 2.50 bits per heavy atom. The van der Waals surface area contributed by atoms with Crippen molar-refractivity contribution in [1.82, 2.24) is 10.6 Å². The van der Waals surface area contributed by atoms with E-state index in [1.807, 2.05) is 17.5 Å². The smallest absolute Gasteiger partial charge is 0.315 e. The van der Waals surface area contributed by atoms with Gasteiger partial charge in [-0.1, -0.05) is 6.07 Å². The molecule has 0 unspecified atom stereocenters. The van der Waals surface area contributed by atoms with Crippen LogP contribution in [0.25, 0.3) is 0 Å². The zero-order valence-electron chi connectivity index (χ0n) is 9.07. The van der Waals surface area contributed by atoms with E-state index in [0.717, 1.165) is 19.6 Å². The molecule has 88 valence electrons. The summed E-state index contributed by atoms with van der Waals surface area (Å²) in [5.74, 6) is 0.479. The lowest BCUT2D eigenvalue weighted by molar-refractivity contribution is 0.185. The van der Waals surface area contributed by atoms with Crippen LogP contribution in [-0.4, -0.2) is 25.8 Å². The predicted molar refractivity (Wildman–Crippen MR) is 63.5 cm³/mol. The fourth-order valence-electron chi connectivity index (χ4n) is 1.62. The van der Waals surface area contributed by atoms with Gasteiger partial charge in [0.15, 0.2) is 0 Å². The maximum absolute atomic E-state index is 11.4. The molecule has 0 radical (unpaired) electrons. The molecule has 0 aromatic carbocycles. The van der Waals surface area contributed by atoms with Crippen molar-refractivity contribution in [2.45, 2.75) is 13.0 Å². The van der Waals surface area contributed by atoms with E-state index >= 15 is 0 Å². The third-order valence-electron chi connectivity index (χ3n) is 2.58. The van der Waals surface area contributed by atoms with Crippen molar-refractivity contribution in [3.8, 4) is 0 Å². The second kappa shape index (κ2) is 5.86. The molecular weight excluding hydrogens is 224 g/mol. The predicted octanol–water partition coefficient (Wildman–Crippen LogP) is 1.58. The molecule has 0 aliphatic carbocycles. The van der Waals surface area contributed by atoms with Crippen LogP contribution >= 0.6 is 11.3 Å². The van der Waals surface area contributed by atoms with E-state index < -0.39 is 0 Å². The number of hydrogen-bond donors (Lipinski definition) is 2. The van der Waals surface area contributed by atoms with Crippen molar-refractivity contribution in [3.05, 3.63) is 22.4 Å². The van der Waals surface area contributed by atoms with Crippen LogP contribution in [0.15, 0.2) is 17.5 Å². The van der Waals surface area contributed by atoms with Gasteiger partial charge in [-0.25, -0.2) is 4.79 Å². The molecule has 2 heterocycles. The zero-order chi connectivity index (χ0) is 11.2. The third kappa shape index (κ3) is 3.50. The largest absolute Gasteiger partial charge is 0.381 e. The van der Waals surface area contributed by atoms with Gasteiger partial charge in [0.05, 0.1) is 13.2 Å². The Morgan fingerprint density at radius 1 is 1.56 bits per heavy atom. The number of hydrogen-bond acceptors (Lipinski definition) is 3. The van der Waals surface area contributed by atoms with Gasteiger partial charge in [0, 0.05) is 23.9 Å². The quantitative estimate of drug-likeness (QED) is 0.839. The van der Waals surface area contributed by atoms with Crippen molar-refractivity contribution in [1.29, 1.82) is 0 Å². The Hall–Kier alpha value is -1.07. The molecule has 1 atom stereocenters. The first-order chi connectivity index (χ1) is 7.84. The van der Waals surface area contributed by atoms with Gasteiger partial charge in [0.25, 0.3) is 0 Å². The lowest BCUT2D eigenvalue weighted by Gasteiger charge is -2.10. The lowest BCUT2D eigenvalue weighted by atomic mass is 10.1. The third-order valence-corrected chi connectivity index (χ3v) is 3.45. The van der Waals surface area contributed by atoms with Gasteiger partial charge in [-0.05, 0) is 17.9 Å². The van der Waals surface area contributed by atoms with Gasteiger partial charge in [0.2, 0.25) is 0 Å². The number of carbonyl (C=O) groups excluding carboxylic acids is 1. The molecule has 0 bridgehead atoms. The minimum atomic E-state index is -0.0969. The van der Waals surface area contributed by atoms with E-state index in [0.29, 0.717) is 19.0 Å². The highest BCUT2D eigenvalue weighted by Crippen LogP contribution is 2.10. The first-order valence-electron chi connectivity index (χ1n) is 5.46. The van der Waals surface area contributed by atoms with Gasteiger partial charge in [-0.2, -0.15) is 0 Å². The molecule has 1 aromatic heterocycles. The van der Waals surface area contributed by atoms with E-state index in [-0.39, 0.29) is 6.03 Å². The van der Waals surface area contributed by atoms with Crippen LogP contribution < -0.4 is 10.6 Å². The number of amides is 2. The van der Waals surface area contributed by atoms with Crippen molar-refractivity contribution in [3.63, 3.8) is 0 Å². The van der Waals surface area contributed by atoms with Crippen molar-refractivity contribution in [2.24, 2.45) is 5.92 Å². The average Bonchev–Trinajstić information content (AvgIpc) is 2.96. The second-order valence-electron chi connectivity index (χ2n) is 3.87. The molecule has 2 N–H and O–H groups in total. The van der Waals surface area contributed by atoms with Crippen LogP contribution in [0.3, 0.4) is 0 Å². The Balaban J connectivity index is 1.60. The molecule has 1 aromatic rings. The summed E-state index contributed by atoms with van der Waals surface area (Å²) >= 11 is 1.65. The van der Waals surface area contributed by atoms with E-state index in [4.69, 9.17) is 4.74 Å². The summed E-state index contributed by atoms with van der Waals surface area (Å²) in [5, 5.41) is 7.69. The van der Waals surface area contributed by atoms with Crippen LogP contribution in [0.4, 0.5) is 4.79 Å². The molecule has 5 heteroatoms. The summed E-state index contributed by atoms with van der Waals surface area (Å²) in [7, 11) is 0. The molecular formula is C11H16N2O2S. The summed E-state index contributed by atoms with van der Waals surface area (Å²) in [6, 6.07) is 3.89. The number of carbonyl (C=O) groups is 1. The minimum absolute atomic E-state index is 0.0969. The van der Waals surface area contributed by atoms with Crippen LogP contribution in [0.1, 0.15) is 11.3 Å². The molecule has 4 nitrogen and oxygen atoms in total. The standard InChI is InChI=1S/C11H16N2O2S/c14-11(12-6-9-3-4-15-8-9)13-7-10-2-1-5-16-10/h1-2,5,9H,3-4,6-8H2,(H2,12,13,14)/t9-/m0/s1. The molecule has 0 saturated carbocycles. The first-order valence-corrected chi connectivity index (χ1v) is 6.34. The summed E-state index contributed by atoms with van der Waals surface area (Å²) in [6.45, 7) is 2.90. The van der Waals surface area contributed by atoms with Crippen LogP contribution in [0.2, 0.25) is 0 Å². The fraction of sp³-hybridized carbons (Fsp3) is 0.545. The maximum atomic E-state index is 11.4. The first kappa shape index (κ1) is 11.4. The van der Waals surface area contributed by atoms with Crippen LogP contribution in [0.5, 0.6) is 0 Å². The van der Waals surface area contributed by atoms with Crippen molar-refractivity contribution >= 4 is 17.4 Å². The molecule has 2 rings (SSSR count). The highest BCUT2D eigenvalue weighted by atomic mass is 32.1. The van der Waals surface area contributed by atoms with Gasteiger partial charge in [-0.3, -0.25) is 0 Å². The SMILES string of the molecule is O=C(NCc1cccs1)NC[C@@H]1CCOC1. The Morgan fingerprint density at radius 3 is 3.19 bits per heavy atom. The number of nitrogens with one attached hydrogen (secondary N) is 2. The van der Waals surface area contributed by atoms with Crippen molar-refractivity contribution in [2.75, 3.05) is 19.8 Å². The molecule has 0 spiro atoms. The van der Waals surface area contributed by atoms with Gasteiger partial charge < -0.3 is 15.4 Å². The Kier molecular flexibility index (Phi) is 4.18. The topological polar surface area (TPSA) is 50.4 Å². The molecule has 1 fully saturated rings. The minimum Gasteiger partial charge on any atom is -0.381 e. The van der Waals surface area contributed by atoms with Crippen LogP contribution in [-0.2, 0) is 11.3 Å². The van der Waals surface area contributed by atoms with Gasteiger partial charge in [-0.15, -0.1) is 11.3 Å². The number of rotatable bonds is 4. The number of urea groups is 1. The summed E-state index contributed by atoms with van der Waals surface area (Å²) in [4.78, 5) is 12.6. The normalized spacial score (nSPS) is 19.6. The zero-order valence-corrected chi connectivity index (χ0v) is 9.89. The molecule has 1 saturated heterocycles. The van der Waals surface area contributed by atoms with Crippen molar-refractivity contribution < 1.29 is 9.53 Å². The maximum Gasteiger partial charge on any atom is 0.315 e. The summed E-state index contributed by atoms with van der Waals surface area (Å²) < 4.78 is 5.24. The fourth-order valence-corrected chi connectivity index (χ4v) is 2.27. The highest BCUT2D eigenvalue weighted by Gasteiger charge is 2.15. The van der Waals surface area contributed by atoms with E-state index in [9.17, 15) is 4.79 Å². The number of thiophene rings is 1. The number of ether oxygens (including phenoxy) is 1. The highest BCUT2D eigenvalue weighted by molar-refractivity contribution is 7.09. The van der Waals surface area contributed by atoms with E-state index in [1.165, 1.54) is 4.88 Å². The monoisotopic (exact) mass is 240 g/mol. The average molecular weight is 240 g/mol. The summed E-state index contributed by atoms with van der Waals surface area (Å²) in [6.07, 6.45) is 1.05. The van der Waals surface area contributed by atoms with E-state index in [1.54, 1.807) is 11.3 Å². The van der Waals surface area contributed by atoms with Gasteiger partial charge >= 0.3 is 6.03 Å². The summed E-state index contributed by atoms with van der Waals surface area (Å²) in [5.41, 5.74) is 0. The lowest BCUT2D eigenvalue weighted by Crippen LogP contribution is -2.37. The molecule has 16 heavy (non-hydrogen) atoms. The molecule has 2 amide bonds. The Labute approximate surface area is 99.0 Å².